The second kappa shape index (κ2) is 8.75. The molecule has 0 spiro atoms. The molecule has 0 N–H and O–H groups in total. The minimum atomic E-state index is -0.323. The predicted octanol–water partition coefficient (Wildman–Crippen LogP) is 5.07. The Hall–Kier alpha value is -3.80. The third kappa shape index (κ3) is 3.91. The number of carbonyl (C=O) groups is 2. The number of benzene rings is 3. The summed E-state index contributed by atoms with van der Waals surface area (Å²) in [4.78, 5) is 28.6. The summed E-state index contributed by atoms with van der Waals surface area (Å²) in [6.07, 6.45) is -0.646. The normalized spacial score (nSPS) is 20.4. The van der Waals surface area contributed by atoms with Gasteiger partial charge in [-0.3, -0.25) is 9.80 Å². The minimum Gasteiger partial charge on any atom is -0.447 e. The zero-order valence-electron chi connectivity index (χ0n) is 17.6. The zero-order valence-corrected chi connectivity index (χ0v) is 17.6. The van der Waals surface area contributed by atoms with Crippen LogP contribution in [0.1, 0.15) is 34.3 Å². The first kappa shape index (κ1) is 20.1. The fourth-order valence-corrected chi connectivity index (χ4v) is 4.39. The van der Waals surface area contributed by atoms with Crippen LogP contribution < -0.4 is 0 Å². The van der Waals surface area contributed by atoms with Crippen LogP contribution in [0, 0.1) is 0 Å². The molecule has 0 saturated carbocycles. The molecule has 3 aromatic carbocycles. The Morgan fingerprint density at radius 1 is 0.594 bits per heavy atom. The highest BCUT2D eigenvalue weighted by Gasteiger charge is 2.36. The number of rotatable bonds is 6. The van der Waals surface area contributed by atoms with Gasteiger partial charge in [0.25, 0.3) is 0 Å². The summed E-state index contributed by atoms with van der Waals surface area (Å²) in [6, 6.07) is 27.5. The van der Waals surface area contributed by atoms with E-state index in [-0.39, 0.29) is 24.3 Å². The van der Waals surface area contributed by atoms with Crippen LogP contribution in [0.3, 0.4) is 0 Å². The van der Waals surface area contributed by atoms with E-state index in [4.69, 9.17) is 9.47 Å². The lowest BCUT2D eigenvalue weighted by molar-refractivity contribution is 0.153. The predicted molar refractivity (Wildman–Crippen MR) is 119 cm³/mol. The molecule has 162 valence electrons. The first-order chi connectivity index (χ1) is 15.7. The zero-order chi connectivity index (χ0) is 21.9. The van der Waals surface area contributed by atoms with E-state index < -0.39 is 0 Å². The molecule has 2 atom stereocenters. The van der Waals surface area contributed by atoms with Gasteiger partial charge < -0.3 is 9.47 Å². The topological polar surface area (TPSA) is 59.1 Å². The van der Waals surface area contributed by atoms with E-state index in [0.29, 0.717) is 26.3 Å². The van der Waals surface area contributed by atoms with Gasteiger partial charge in [-0.15, -0.1) is 0 Å². The van der Waals surface area contributed by atoms with Crippen LogP contribution in [-0.2, 0) is 22.6 Å². The smallest absolute Gasteiger partial charge is 0.410 e. The SMILES string of the molecule is O=C1OC[C@@H](c2ccccc2)N1Cc1ccccc1CN1C(=O)OC[C@H]1c1ccccc1. The van der Waals surface area contributed by atoms with E-state index >= 15 is 0 Å². The fraction of sp³-hybridized carbons (Fsp3) is 0.231. The number of hydrogen-bond acceptors (Lipinski definition) is 4. The molecule has 6 heteroatoms. The van der Waals surface area contributed by atoms with E-state index in [2.05, 4.69) is 0 Å². The average Bonchev–Trinajstić information content (AvgIpc) is 3.38. The van der Waals surface area contributed by atoms with Crippen molar-refractivity contribution in [3.8, 4) is 0 Å². The lowest BCUT2D eigenvalue weighted by atomic mass is 10.0. The Morgan fingerprint density at radius 3 is 1.38 bits per heavy atom. The number of cyclic esters (lactones) is 2. The Morgan fingerprint density at radius 2 is 0.969 bits per heavy atom. The Balaban J connectivity index is 1.39. The molecular weight excluding hydrogens is 404 g/mol. The molecule has 6 nitrogen and oxygen atoms in total. The van der Waals surface area contributed by atoms with Crippen LogP contribution in [-0.4, -0.2) is 35.2 Å². The highest BCUT2D eigenvalue weighted by Crippen LogP contribution is 2.32. The Kier molecular flexibility index (Phi) is 5.50. The molecule has 5 rings (SSSR count). The van der Waals surface area contributed by atoms with E-state index in [1.807, 2.05) is 84.9 Å². The van der Waals surface area contributed by atoms with Crippen LogP contribution in [0.4, 0.5) is 9.59 Å². The molecule has 0 radical (unpaired) electrons. The maximum atomic E-state index is 12.5. The Bertz CT molecular complexity index is 1010. The summed E-state index contributed by atoms with van der Waals surface area (Å²) in [5.41, 5.74) is 4.06. The summed E-state index contributed by atoms with van der Waals surface area (Å²) in [5.74, 6) is 0. The standard InChI is InChI=1S/C26H24N2O4/c29-25-27(23(17-31-25)19-9-3-1-4-10-19)15-21-13-7-8-14-22(21)16-28-24(18-32-26(28)30)20-11-5-2-6-12-20/h1-14,23-24H,15-18H2/t23-,24-/m0/s1. The van der Waals surface area contributed by atoms with Gasteiger partial charge in [-0.25, -0.2) is 9.59 Å². The largest absolute Gasteiger partial charge is 0.447 e. The summed E-state index contributed by atoms with van der Waals surface area (Å²) in [6.45, 7) is 1.49. The molecule has 2 amide bonds. The number of ether oxygens (including phenoxy) is 2. The molecule has 2 saturated heterocycles. The quantitative estimate of drug-likeness (QED) is 0.550. The van der Waals surface area contributed by atoms with Crippen molar-refractivity contribution in [1.29, 1.82) is 0 Å². The molecule has 3 aromatic rings. The maximum absolute atomic E-state index is 12.5. The van der Waals surface area contributed by atoms with E-state index in [9.17, 15) is 9.59 Å². The molecule has 2 aliphatic rings. The molecular formula is C26H24N2O4. The van der Waals surface area contributed by atoms with Gasteiger partial charge >= 0.3 is 12.2 Å². The first-order valence-corrected chi connectivity index (χ1v) is 10.7. The second-order valence-electron chi connectivity index (χ2n) is 8.03. The lowest BCUT2D eigenvalue weighted by Crippen LogP contribution is -2.30. The molecule has 0 unspecified atom stereocenters. The second-order valence-corrected chi connectivity index (χ2v) is 8.03. The molecule has 32 heavy (non-hydrogen) atoms. The van der Waals surface area contributed by atoms with Gasteiger partial charge in [0.15, 0.2) is 0 Å². The van der Waals surface area contributed by atoms with Crippen molar-refractivity contribution in [1.82, 2.24) is 9.80 Å². The van der Waals surface area contributed by atoms with Gasteiger partial charge in [0.1, 0.15) is 13.2 Å². The number of nitrogens with zero attached hydrogens (tertiary/aromatic N) is 2. The van der Waals surface area contributed by atoms with Gasteiger partial charge in [-0.2, -0.15) is 0 Å². The molecule has 2 heterocycles. The van der Waals surface area contributed by atoms with Crippen molar-refractivity contribution in [3.05, 3.63) is 107 Å². The van der Waals surface area contributed by atoms with Gasteiger partial charge in [-0.1, -0.05) is 84.9 Å². The fourth-order valence-electron chi connectivity index (χ4n) is 4.39. The molecule has 2 aliphatic heterocycles. The van der Waals surface area contributed by atoms with Crippen molar-refractivity contribution in [3.63, 3.8) is 0 Å². The summed E-state index contributed by atoms with van der Waals surface area (Å²) < 4.78 is 10.7. The average molecular weight is 428 g/mol. The summed E-state index contributed by atoms with van der Waals surface area (Å²) >= 11 is 0. The van der Waals surface area contributed by atoms with Crippen LogP contribution in [0.15, 0.2) is 84.9 Å². The van der Waals surface area contributed by atoms with Crippen LogP contribution in [0.25, 0.3) is 0 Å². The monoisotopic (exact) mass is 428 g/mol. The van der Waals surface area contributed by atoms with Gasteiger partial charge in [-0.05, 0) is 22.3 Å². The van der Waals surface area contributed by atoms with Gasteiger partial charge in [0.2, 0.25) is 0 Å². The van der Waals surface area contributed by atoms with Crippen LogP contribution in [0.5, 0.6) is 0 Å². The van der Waals surface area contributed by atoms with Gasteiger partial charge in [0.05, 0.1) is 25.2 Å². The lowest BCUT2D eigenvalue weighted by Gasteiger charge is -2.26. The molecule has 0 aliphatic carbocycles. The molecule has 0 bridgehead atoms. The number of carbonyl (C=O) groups excluding carboxylic acids is 2. The van der Waals surface area contributed by atoms with Crippen molar-refractivity contribution in [2.45, 2.75) is 25.2 Å². The van der Waals surface area contributed by atoms with Crippen molar-refractivity contribution < 1.29 is 19.1 Å². The maximum Gasteiger partial charge on any atom is 0.410 e. The van der Waals surface area contributed by atoms with E-state index in [1.54, 1.807) is 9.80 Å². The van der Waals surface area contributed by atoms with Crippen molar-refractivity contribution in [2.75, 3.05) is 13.2 Å². The van der Waals surface area contributed by atoms with Crippen molar-refractivity contribution >= 4 is 12.2 Å². The Labute approximate surface area is 187 Å². The van der Waals surface area contributed by atoms with Crippen LogP contribution in [0.2, 0.25) is 0 Å². The number of hydrogen-bond donors (Lipinski definition) is 0. The van der Waals surface area contributed by atoms with Gasteiger partial charge in [0, 0.05) is 0 Å². The number of amides is 2. The summed E-state index contributed by atoms with van der Waals surface area (Å²) in [7, 11) is 0. The molecule has 2 fully saturated rings. The highest BCUT2D eigenvalue weighted by molar-refractivity contribution is 5.71. The third-order valence-electron chi connectivity index (χ3n) is 6.12. The van der Waals surface area contributed by atoms with Crippen molar-refractivity contribution in [2.24, 2.45) is 0 Å². The van der Waals surface area contributed by atoms with E-state index in [1.165, 1.54) is 0 Å². The highest BCUT2D eigenvalue weighted by atomic mass is 16.6. The van der Waals surface area contributed by atoms with Crippen LogP contribution >= 0.6 is 0 Å². The first-order valence-electron chi connectivity index (χ1n) is 10.7. The summed E-state index contributed by atoms with van der Waals surface area (Å²) in [5, 5.41) is 0. The third-order valence-corrected chi connectivity index (χ3v) is 6.12. The minimum absolute atomic E-state index is 0.134. The molecule has 0 aromatic heterocycles. The van der Waals surface area contributed by atoms with E-state index in [0.717, 1.165) is 22.3 Å².